The van der Waals surface area contributed by atoms with Gasteiger partial charge in [-0.15, -0.1) is 0 Å². The number of imidazole rings is 1. The van der Waals surface area contributed by atoms with E-state index in [-0.39, 0.29) is 35.1 Å². The third kappa shape index (κ3) is 5.89. The number of ether oxygens (including phenoxy) is 1. The van der Waals surface area contributed by atoms with E-state index in [1.807, 2.05) is 6.92 Å². The van der Waals surface area contributed by atoms with E-state index in [4.69, 9.17) is 16.3 Å². The second-order valence-electron chi connectivity index (χ2n) is 9.25. The summed E-state index contributed by atoms with van der Waals surface area (Å²) in [6, 6.07) is 3.37. The molecule has 2 atom stereocenters. The zero-order valence-electron chi connectivity index (χ0n) is 20.9. The van der Waals surface area contributed by atoms with Crippen molar-refractivity contribution >= 4 is 44.4 Å². The first-order valence-corrected chi connectivity index (χ1v) is 14.0. The van der Waals surface area contributed by atoms with E-state index in [2.05, 4.69) is 15.4 Å². The molecule has 0 unspecified atom stereocenters. The number of hydrogen-bond donors (Lipinski definition) is 1. The van der Waals surface area contributed by atoms with Crippen molar-refractivity contribution < 1.29 is 31.1 Å². The molecule has 1 N–H and O–H groups in total. The van der Waals surface area contributed by atoms with Crippen LogP contribution in [0.2, 0.25) is 5.15 Å². The molecule has 14 heteroatoms. The van der Waals surface area contributed by atoms with Crippen LogP contribution in [-0.4, -0.2) is 65.7 Å². The lowest BCUT2D eigenvalue weighted by Gasteiger charge is -2.34. The van der Waals surface area contributed by atoms with E-state index in [9.17, 15) is 26.4 Å². The molecule has 4 rings (SSSR count). The first-order chi connectivity index (χ1) is 17.8. The molecule has 1 saturated heterocycles. The molecule has 206 valence electrons. The quantitative estimate of drug-likeness (QED) is 0.436. The topological polar surface area (TPSA) is 106 Å². The van der Waals surface area contributed by atoms with E-state index in [1.165, 1.54) is 35.9 Å². The minimum atomic E-state index is -4.74. The Hall–Kier alpha value is -2.90. The summed E-state index contributed by atoms with van der Waals surface area (Å²) in [7, 11) is -0.616. The van der Waals surface area contributed by atoms with Crippen molar-refractivity contribution in [3.63, 3.8) is 0 Å². The number of carbonyl (C=O) groups excluding carboxylic acids is 1. The Morgan fingerprint density at radius 3 is 2.45 bits per heavy atom. The van der Waals surface area contributed by atoms with Gasteiger partial charge in [0.05, 0.1) is 41.3 Å². The average molecular weight is 574 g/mol. The van der Waals surface area contributed by atoms with Gasteiger partial charge in [0.25, 0.3) is 0 Å². The normalized spacial score (nSPS) is 17.8. The SMILES string of the molecule is CO[C@@H](C)c1c(Nc2ccc([C@@H](N(C)C(=O)C3CCS(=O)(=O)CC3)C(F)(F)F)cc2)cnn2cc(Cl)nc12. The summed E-state index contributed by atoms with van der Waals surface area (Å²) in [5.41, 5.74) is 2.02. The molecule has 3 heterocycles. The first kappa shape index (κ1) is 28.1. The monoisotopic (exact) mass is 573 g/mol. The molecule has 3 aromatic rings. The fourth-order valence-corrected chi connectivity index (χ4v) is 6.30. The van der Waals surface area contributed by atoms with Gasteiger partial charge in [0.1, 0.15) is 15.0 Å². The molecule has 1 aromatic carbocycles. The second kappa shape index (κ2) is 10.7. The van der Waals surface area contributed by atoms with Crippen LogP contribution in [0.3, 0.4) is 0 Å². The number of sulfone groups is 1. The van der Waals surface area contributed by atoms with Crippen molar-refractivity contribution in [1.29, 1.82) is 0 Å². The minimum absolute atomic E-state index is 0.0152. The molecule has 1 aliphatic rings. The zero-order valence-corrected chi connectivity index (χ0v) is 22.4. The molecule has 2 aromatic heterocycles. The summed E-state index contributed by atoms with van der Waals surface area (Å²) in [4.78, 5) is 17.9. The number of halogens is 4. The van der Waals surface area contributed by atoms with Crippen LogP contribution in [0.4, 0.5) is 24.5 Å². The van der Waals surface area contributed by atoms with Crippen molar-refractivity contribution in [3.8, 4) is 0 Å². The average Bonchev–Trinajstić information content (AvgIpc) is 3.23. The van der Waals surface area contributed by atoms with Gasteiger partial charge >= 0.3 is 6.18 Å². The highest BCUT2D eigenvalue weighted by Gasteiger charge is 2.46. The molecule has 1 aliphatic heterocycles. The van der Waals surface area contributed by atoms with Gasteiger partial charge in [-0.25, -0.2) is 17.9 Å². The van der Waals surface area contributed by atoms with Crippen molar-refractivity contribution in [2.24, 2.45) is 5.92 Å². The summed E-state index contributed by atoms with van der Waals surface area (Å²) < 4.78 is 72.7. The zero-order chi connectivity index (χ0) is 27.8. The number of rotatable bonds is 7. The molecule has 9 nitrogen and oxygen atoms in total. The maximum Gasteiger partial charge on any atom is 0.413 e. The van der Waals surface area contributed by atoms with Crippen LogP contribution in [0.25, 0.3) is 5.65 Å². The highest BCUT2D eigenvalue weighted by atomic mass is 35.5. The molecule has 0 aliphatic carbocycles. The molecule has 1 amide bonds. The highest BCUT2D eigenvalue weighted by molar-refractivity contribution is 7.91. The maximum absolute atomic E-state index is 14.1. The Morgan fingerprint density at radius 1 is 1.24 bits per heavy atom. The number of anilines is 2. The van der Waals surface area contributed by atoms with E-state index in [0.717, 1.165) is 7.05 Å². The van der Waals surface area contributed by atoms with Gasteiger partial charge in [-0.05, 0) is 37.5 Å². The molecule has 0 radical (unpaired) electrons. The van der Waals surface area contributed by atoms with Crippen molar-refractivity contribution in [3.05, 3.63) is 52.9 Å². The van der Waals surface area contributed by atoms with Crippen LogP contribution in [0.1, 0.15) is 43.0 Å². The van der Waals surface area contributed by atoms with Gasteiger partial charge in [-0.3, -0.25) is 4.79 Å². The van der Waals surface area contributed by atoms with Crippen LogP contribution >= 0.6 is 11.6 Å². The third-order valence-corrected chi connectivity index (χ3v) is 8.61. The number of amides is 1. The van der Waals surface area contributed by atoms with E-state index >= 15 is 0 Å². The van der Waals surface area contributed by atoms with Gasteiger partial charge < -0.3 is 15.0 Å². The van der Waals surface area contributed by atoms with Crippen LogP contribution in [0.5, 0.6) is 0 Å². The predicted molar refractivity (Wildman–Crippen MR) is 136 cm³/mol. The van der Waals surface area contributed by atoms with Crippen LogP contribution in [0, 0.1) is 5.92 Å². The Labute approximate surface area is 222 Å². The molecular formula is C24H27ClF3N5O4S. The third-order valence-electron chi connectivity index (χ3n) is 6.72. The van der Waals surface area contributed by atoms with Gasteiger partial charge in [0, 0.05) is 25.8 Å². The summed E-state index contributed by atoms with van der Waals surface area (Å²) in [6.45, 7) is 1.81. The van der Waals surface area contributed by atoms with E-state index < -0.39 is 40.0 Å². The molecular weight excluding hydrogens is 547 g/mol. The second-order valence-corrected chi connectivity index (χ2v) is 11.9. The number of aromatic nitrogens is 3. The Bertz CT molecular complexity index is 1420. The highest BCUT2D eigenvalue weighted by Crippen LogP contribution is 2.39. The summed E-state index contributed by atoms with van der Waals surface area (Å²) in [5, 5.41) is 7.66. The number of alkyl halides is 3. The van der Waals surface area contributed by atoms with E-state index in [1.54, 1.807) is 12.4 Å². The van der Waals surface area contributed by atoms with E-state index in [0.29, 0.717) is 27.5 Å². The summed E-state index contributed by atoms with van der Waals surface area (Å²) in [5.74, 6) is -1.90. The molecule has 1 fully saturated rings. The standard InChI is InChI=1S/C24H27ClF3N5O4S/c1-14(37-3)20-18(12-29-33-13-19(25)31-22(20)33)30-17-6-4-15(5-7-17)21(24(26,27)28)32(2)23(34)16-8-10-38(35,36)11-9-16/h4-7,12-14,16,21,30H,8-11H2,1-3H3/t14-,21+/m0/s1. The van der Waals surface area contributed by atoms with Crippen LogP contribution < -0.4 is 5.32 Å². The number of hydrogen-bond acceptors (Lipinski definition) is 7. The predicted octanol–water partition coefficient (Wildman–Crippen LogP) is 4.72. The van der Waals surface area contributed by atoms with Crippen molar-refractivity contribution in [1.82, 2.24) is 19.5 Å². The lowest BCUT2D eigenvalue weighted by Crippen LogP contribution is -2.44. The Balaban J connectivity index is 1.59. The fourth-order valence-electron chi connectivity index (χ4n) is 4.63. The smallest absolute Gasteiger partial charge is 0.377 e. The number of fused-ring (bicyclic) bond motifs is 1. The Morgan fingerprint density at radius 2 is 1.87 bits per heavy atom. The van der Waals surface area contributed by atoms with Crippen LogP contribution in [0.15, 0.2) is 36.7 Å². The molecule has 0 spiro atoms. The Kier molecular flexibility index (Phi) is 7.91. The van der Waals surface area contributed by atoms with Gasteiger partial charge in [-0.1, -0.05) is 23.7 Å². The lowest BCUT2D eigenvalue weighted by molar-refractivity contribution is -0.190. The molecule has 38 heavy (non-hydrogen) atoms. The largest absolute Gasteiger partial charge is 0.413 e. The summed E-state index contributed by atoms with van der Waals surface area (Å²) in [6.07, 6.45) is -2.02. The summed E-state index contributed by atoms with van der Waals surface area (Å²) >= 11 is 6.03. The lowest BCUT2D eigenvalue weighted by atomic mass is 9.98. The maximum atomic E-state index is 14.1. The number of benzene rings is 1. The van der Waals surface area contributed by atoms with Gasteiger partial charge in [-0.2, -0.15) is 18.3 Å². The number of methoxy groups -OCH3 is 1. The van der Waals surface area contributed by atoms with Crippen molar-refractivity contribution in [2.45, 2.75) is 38.1 Å². The minimum Gasteiger partial charge on any atom is -0.377 e. The van der Waals surface area contributed by atoms with Gasteiger partial charge in [0.2, 0.25) is 5.91 Å². The number of carbonyl (C=O) groups is 1. The van der Waals surface area contributed by atoms with Gasteiger partial charge in [0.15, 0.2) is 11.7 Å². The molecule has 0 saturated carbocycles. The van der Waals surface area contributed by atoms with Crippen LogP contribution in [-0.2, 0) is 19.4 Å². The fraction of sp³-hybridized carbons (Fsp3) is 0.458. The number of nitrogens with zero attached hydrogens (tertiary/aromatic N) is 4. The number of nitrogens with one attached hydrogen (secondary N) is 1. The first-order valence-electron chi connectivity index (χ1n) is 11.8. The van der Waals surface area contributed by atoms with Crippen molar-refractivity contribution in [2.75, 3.05) is 31.0 Å². The molecule has 0 bridgehead atoms.